The number of likely N-dealkylation sites (tertiary alicyclic amines) is 2. The van der Waals surface area contributed by atoms with Crippen LogP contribution in [0.4, 0.5) is 26.3 Å². The van der Waals surface area contributed by atoms with E-state index in [-0.39, 0.29) is 107 Å². The number of ether oxygens (including phenoxy) is 1. The number of hydrogen-bond acceptors (Lipinski definition) is 5. The molecule has 2 saturated heterocycles. The largest absolute Gasteiger partial charge is 0.478 e. The molecule has 4 fully saturated rings. The average Bonchev–Trinajstić information content (AvgIpc) is 3.88. The van der Waals surface area contributed by atoms with Gasteiger partial charge in [0.25, 0.3) is 5.91 Å². The van der Waals surface area contributed by atoms with Crippen LogP contribution in [0.1, 0.15) is 94.7 Å². The number of carbonyl (C=O) groups excluding carboxylic acids is 2. The second-order valence-electron chi connectivity index (χ2n) is 15.6. The molecule has 15 heteroatoms. The second-order valence-corrected chi connectivity index (χ2v) is 15.6. The van der Waals surface area contributed by atoms with Crippen LogP contribution in [-0.4, -0.2) is 87.4 Å². The minimum absolute atomic E-state index is 0.00741. The zero-order chi connectivity index (χ0) is 38.5. The first-order valence-electron chi connectivity index (χ1n) is 18.3. The van der Waals surface area contributed by atoms with E-state index in [1.165, 1.54) is 23.2 Å². The molecule has 4 aliphatic rings. The number of nitrogens with zero attached hydrogens (tertiary/aromatic N) is 4. The van der Waals surface area contributed by atoms with Gasteiger partial charge in [0, 0.05) is 56.6 Å². The Bertz CT molecular complexity index is 1870. The van der Waals surface area contributed by atoms with Gasteiger partial charge in [0.15, 0.2) is 0 Å². The van der Waals surface area contributed by atoms with Crippen LogP contribution in [0.3, 0.4) is 0 Å². The number of alkyl halides is 5. The normalized spacial score (nSPS) is 22.1. The molecule has 3 heterocycles. The number of benzene rings is 2. The summed E-state index contributed by atoms with van der Waals surface area (Å²) in [5, 5.41) is 14.5. The van der Waals surface area contributed by atoms with Crippen molar-refractivity contribution in [3.8, 4) is 0 Å². The molecule has 1 atom stereocenters. The summed E-state index contributed by atoms with van der Waals surface area (Å²) in [5.74, 6) is -6.39. The van der Waals surface area contributed by atoms with Gasteiger partial charge in [-0.15, -0.1) is 0 Å². The molecule has 7 rings (SSSR count). The van der Waals surface area contributed by atoms with Gasteiger partial charge in [-0.1, -0.05) is 43.2 Å². The minimum Gasteiger partial charge on any atom is -0.478 e. The van der Waals surface area contributed by atoms with E-state index in [2.05, 4.69) is 5.10 Å². The Morgan fingerprint density at radius 3 is 2.24 bits per heavy atom. The van der Waals surface area contributed by atoms with Crippen molar-refractivity contribution in [2.24, 2.45) is 16.7 Å². The van der Waals surface area contributed by atoms with Gasteiger partial charge in [-0.25, -0.2) is 18.0 Å². The van der Waals surface area contributed by atoms with Gasteiger partial charge in [0.1, 0.15) is 11.2 Å². The molecule has 1 aromatic heterocycles. The standard InChI is InChI=1S/C39H42F6N4O5/c40-30-8-6-25(7-9-30)17-49-18-28(16-46-49)33(50)47-19-29(36(22-47)23-48(24-36)35(53)37(39(43,44)45)12-1-2-13-37)21-54-20-27-4-3-5-31(32(27)34(51)52)26-10-14-38(41,42)15-11-26/h3-9,16,18,26,29H,1-2,10-15,17,19-24H2,(H,51,52)/t29-/m0/s1. The predicted molar refractivity (Wildman–Crippen MR) is 182 cm³/mol. The van der Waals surface area contributed by atoms with Crippen LogP contribution in [0.5, 0.6) is 0 Å². The van der Waals surface area contributed by atoms with Gasteiger partial charge in [-0.3, -0.25) is 14.3 Å². The molecule has 0 bridgehead atoms. The lowest BCUT2D eigenvalue weighted by atomic mass is 9.70. The van der Waals surface area contributed by atoms with Crippen molar-refractivity contribution in [2.45, 2.75) is 82.5 Å². The summed E-state index contributed by atoms with van der Waals surface area (Å²) < 4.78 is 91.8. The van der Waals surface area contributed by atoms with Crippen LogP contribution in [0, 0.1) is 22.6 Å². The summed E-state index contributed by atoms with van der Waals surface area (Å²) in [7, 11) is 0. The highest BCUT2D eigenvalue weighted by atomic mass is 19.4. The summed E-state index contributed by atoms with van der Waals surface area (Å²) in [6.07, 6.45) is -1.94. The summed E-state index contributed by atoms with van der Waals surface area (Å²) in [6, 6.07) is 10.8. The molecule has 290 valence electrons. The fourth-order valence-corrected chi connectivity index (χ4v) is 9.06. The Labute approximate surface area is 308 Å². The number of rotatable bonds is 10. The molecule has 2 aliphatic carbocycles. The zero-order valence-corrected chi connectivity index (χ0v) is 29.6. The molecule has 0 unspecified atom stereocenters. The summed E-state index contributed by atoms with van der Waals surface area (Å²) >= 11 is 0. The highest BCUT2D eigenvalue weighted by Crippen LogP contribution is 2.54. The van der Waals surface area contributed by atoms with Gasteiger partial charge >= 0.3 is 12.1 Å². The van der Waals surface area contributed by atoms with Crippen LogP contribution in [0.15, 0.2) is 54.9 Å². The number of aromatic nitrogens is 2. The molecular formula is C39H42F6N4O5. The third-order valence-corrected chi connectivity index (χ3v) is 12.1. The maximum absolute atomic E-state index is 14.3. The molecule has 0 radical (unpaired) electrons. The molecule has 54 heavy (non-hydrogen) atoms. The second kappa shape index (κ2) is 14.3. The van der Waals surface area contributed by atoms with Crippen LogP contribution in [0.25, 0.3) is 0 Å². The summed E-state index contributed by atoms with van der Waals surface area (Å²) in [5.41, 5.74) is -1.27. The minimum atomic E-state index is -4.69. The SMILES string of the molecule is O=C(O)c1c(COC[C@@H]2CN(C(=O)c3cnn(Cc4ccc(F)cc4)c3)CC23CN(C(=O)C2(C(F)(F)F)CCCC2)C3)cccc1C1CCC(F)(F)CC1. The quantitative estimate of drug-likeness (QED) is 0.218. The fraction of sp³-hybridized carbons (Fsp3) is 0.538. The Morgan fingerprint density at radius 1 is 0.926 bits per heavy atom. The number of carboxylic acids is 1. The highest BCUT2D eigenvalue weighted by molar-refractivity contribution is 5.94. The Kier molecular flexibility index (Phi) is 10.1. The van der Waals surface area contributed by atoms with E-state index in [1.54, 1.807) is 46.1 Å². The van der Waals surface area contributed by atoms with Crippen molar-refractivity contribution in [3.63, 3.8) is 0 Å². The lowest BCUT2D eigenvalue weighted by Crippen LogP contribution is -2.66. The molecule has 2 aliphatic heterocycles. The van der Waals surface area contributed by atoms with Crippen molar-refractivity contribution in [1.82, 2.24) is 19.6 Å². The third-order valence-electron chi connectivity index (χ3n) is 12.1. The van der Waals surface area contributed by atoms with Gasteiger partial charge < -0.3 is 19.6 Å². The predicted octanol–water partition coefficient (Wildman–Crippen LogP) is 7.30. The fourth-order valence-electron chi connectivity index (χ4n) is 9.06. The first-order chi connectivity index (χ1) is 25.6. The van der Waals surface area contributed by atoms with E-state index in [0.717, 1.165) is 5.56 Å². The third kappa shape index (κ3) is 7.23. The van der Waals surface area contributed by atoms with Crippen LogP contribution in [0.2, 0.25) is 0 Å². The van der Waals surface area contributed by atoms with E-state index in [1.807, 2.05) is 0 Å². The first-order valence-corrected chi connectivity index (χ1v) is 18.3. The maximum atomic E-state index is 14.3. The smallest absolute Gasteiger partial charge is 0.403 e. The van der Waals surface area contributed by atoms with Crippen LogP contribution < -0.4 is 0 Å². The zero-order valence-electron chi connectivity index (χ0n) is 29.6. The lowest BCUT2D eigenvalue weighted by molar-refractivity contribution is -0.231. The molecule has 2 amide bonds. The molecule has 1 N–H and O–H groups in total. The van der Waals surface area contributed by atoms with E-state index < -0.39 is 40.7 Å². The van der Waals surface area contributed by atoms with E-state index in [9.17, 15) is 45.8 Å². The van der Waals surface area contributed by atoms with Gasteiger partial charge in [0.2, 0.25) is 11.8 Å². The van der Waals surface area contributed by atoms with Crippen LogP contribution in [-0.2, 0) is 22.7 Å². The van der Waals surface area contributed by atoms with E-state index in [0.29, 0.717) is 30.5 Å². The van der Waals surface area contributed by atoms with Crippen molar-refractivity contribution in [2.75, 3.05) is 32.8 Å². The number of aromatic carboxylic acids is 1. The molecule has 2 saturated carbocycles. The summed E-state index contributed by atoms with van der Waals surface area (Å²) in [6.45, 7) is 0.540. The van der Waals surface area contributed by atoms with E-state index in [4.69, 9.17) is 4.74 Å². The van der Waals surface area contributed by atoms with Crippen molar-refractivity contribution >= 4 is 17.8 Å². The van der Waals surface area contributed by atoms with Gasteiger partial charge in [-0.2, -0.15) is 18.3 Å². The van der Waals surface area contributed by atoms with Gasteiger partial charge in [-0.05, 0) is 60.4 Å². The van der Waals surface area contributed by atoms with Crippen LogP contribution >= 0.6 is 0 Å². The lowest BCUT2D eigenvalue weighted by Gasteiger charge is -2.53. The molecule has 2 aromatic carbocycles. The Hall–Kier alpha value is -4.40. The number of halogens is 6. The monoisotopic (exact) mass is 760 g/mol. The van der Waals surface area contributed by atoms with Crippen molar-refractivity contribution in [3.05, 3.63) is 88.5 Å². The van der Waals surface area contributed by atoms with Gasteiger partial charge in [0.05, 0.1) is 37.1 Å². The van der Waals surface area contributed by atoms with Crippen molar-refractivity contribution in [1.29, 1.82) is 0 Å². The number of carboxylic acid groups (broad SMARTS) is 1. The molecule has 3 aromatic rings. The number of carbonyl (C=O) groups is 3. The molecule has 9 nitrogen and oxygen atoms in total. The summed E-state index contributed by atoms with van der Waals surface area (Å²) in [4.78, 5) is 42.7. The molecular weight excluding hydrogens is 718 g/mol. The maximum Gasteiger partial charge on any atom is 0.403 e. The molecule has 1 spiro atoms. The topological polar surface area (TPSA) is 105 Å². The van der Waals surface area contributed by atoms with E-state index >= 15 is 0 Å². The first kappa shape index (κ1) is 37.9. The number of hydrogen-bond donors (Lipinski definition) is 1. The van der Waals surface area contributed by atoms with Crippen molar-refractivity contribution < 1.29 is 50.6 Å². The Balaban J connectivity index is 1.08. The number of amides is 2. The average molecular weight is 761 g/mol. The Morgan fingerprint density at radius 2 is 1.59 bits per heavy atom. The highest BCUT2D eigenvalue weighted by Gasteiger charge is 2.65.